The van der Waals surface area contributed by atoms with Crippen molar-refractivity contribution >= 4 is 16.8 Å². The zero-order chi connectivity index (χ0) is 17.4. The van der Waals surface area contributed by atoms with Crippen LogP contribution in [-0.2, 0) is 16.0 Å². The lowest BCUT2D eigenvalue weighted by Gasteiger charge is -2.22. The molecular weight excluding hydrogens is 320 g/mol. The highest BCUT2D eigenvalue weighted by atomic mass is 16.5. The normalized spacial score (nSPS) is 20.5. The minimum absolute atomic E-state index is 0.00381. The van der Waals surface area contributed by atoms with Crippen LogP contribution in [0, 0.1) is 6.92 Å². The average molecular weight is 340 g/mol. The van der Waals surface area contributed by atoms with Gasteiger partial charge in [-0.25, -0.2) is 4.98 Å². The number of carbonyl (C=O) groups excluding carboxylic acids is 1. The van der Waals surface area contributed by atoms with Gasteiger partial charge in [0.15, 0.2) is 5.82 Å². The largest absolute Gasteiger partial charge is 0.380 e. The first-order valence-electron chi connectivity index (χ1n) is 8.27. The van der Waals surface area contributed by atoms with Gasteiger partial charge in [0.25, 0.3) is 0 Å². The van der Waals surface area contributed by atoms with E-state index in [0.29, 0.717) is 25.2 Å². The number of nitrogens with one attached hydrogen (secondary N) is 2. The molecule has 1 aliphatic heterocycles. The maximum Gasteiger partial charge on any atom is 0.227 e. The first-order chi connectivity index (χ1) is 12.1. The molecule has 0 saturated carbocycles. The molecule has 4 rings (SSSR count). The molecule has 1 aliphatic rings. The highest BCUT2D eigenvalue weighted by Crippen LogP contribution is 2.32. The van der Waals surface area contributed by atoms with Crippen LogP contribution in [0.2, 0.25) is 0 Å². The number of likely N-dealkylation sites (tertiary alicyclic amines) is 1. The van der Waals surface area contributed by atoms with Crippen molar-refractivity contribution in [1.29, 1.82) is 0 Å². The Labute approximate surface area is 144 Å². The first-order valence-corrected chi connectivity index (χ1v) is 8.27. The maximum atomic E-state index is 12.9. The Kier molecular flexibility index (Phi) is 3.96. The summed E-state index contributed by atoms with van der Waals surface area (Å²) in [5.41, 5.74) is 1.93. The number of aryl methyl sites for hydroxylation is 1. The second-order valence-electron chi connectivity index (χ2n) is 6.40. The lowest BCUT2D eigenvalue weighted by molar-refractivity contribution is -0.131. The third kappa shape index (κ3) is 3.00. The van der Waals surface area contributed by atoms with Gasteiger partial charge in [0.05, 0.1) is 30.3 Å². The molecule has 0 unspecified atom stereocenters. The van der Waals surface area contributed by atoms with E-state index >= 15 is 0 Å². The molecule has 8 nitrogen and oxygen atoms in total. The van der Waals surface area contributed by atoms with Gasteiger partial charge in [-0.2, -0.15) is 10.2 Å². The number of benzene rings is 1. The standard InChI is InChI=1S/C17H20N6O2/c1-10-19-17(22-20-10)15-7-13(25-2)9-23(15)16(24)6-11-3-4-14-12(5-11)8-18-21-14/h3-5,8,13,15H,6-7,9H2,1-2H3,(H,18,21)(H,19,20,22)/t13-,15+/m1/s1. The van der Waals surface area contributed by atoms with Crippen LogP contribution in [-0.4, -0.2) is 55.9 Å². The highest BCUT2D eigenvalue weighted by Gasteiger charge is 2.38. The van der Waals surface area contributed by atoms with Crippen molar-refractivity contribution in [2.24, 2.45) is 0 Å². The van der Waals surface area contributed by atoms with Crippen molar-refractivity contribution in [3.63, 3.8) is 0 Å². The van der Waals surface area contributed by atoms with Gasteiger partial charge in [-0.3, -0.25) is 15.0 Å². The van der Waals surface area contributed by atoms with E-state index in [1.54, 1.807) is 13.3 Å². The SMILES string of the molecule is CO[C@@H]1C[C@@H](c2n[nH]c(C)n2)N(C(=O)Cc2ccc3[nH]ncc3c2)C1. The van der Waals surface area contributed by atoms with Gasteiger partial charge in [-0.05, 0) is 24.6 Å². The molecule has 0 spiro atoms. The third-order valence-electron chi connectivity index (χ3n) is 4.69. The Bertz CT molecular complexity index is 901. The van der Waals surface area contributed by atoms with Crippen molar-refractivity contribution in [1.82, 2.24) is 30.3 Å². The lowest BCUT2D eigenvalue weighted by atomic mass is 10.1. The number of amides is 1. The van der Waals surface area contributed by atoms with Gasteiger partial charge < -0.3 is 9.64 Å². The fraction of sp³-hybridized carbons (Fsp3) is 0.412. The Hall–Kier alpha value is -2.74. The highest BCUT2D eigenvalue weighted by molar-refractivity contribution is 5.83. The Morgan fingerprint density at radius 2 is 2.28 bits per heavy atom. The fourth-order valence-corrected chi connectivity index (χ4v) is 3.38. The summed E-state index contributed by atoms with van der Waals surface area (Å²) in [4.78, 5) is 19.2. The quantitative estimate of drug-likeness (QED) is 0.750. The van der Waals surface area contributed by atoms with E-state index < -0.39 is 0 Å². The molecule has 0 aliphatic carbocycles. The van der Waals surface area contributed by atoms with Gasteiger partial charge in [0.1, 0.15) is 5.82 Å². The molecule has 3 aromatic rings. The minimum atomic E-state index is -0.153. The van der Waals surface area contributed by atoms with E-state index in [4.69, 9.17) is 4.74 Å². The molecule has 1 fully saturated rings. The summed E-state index contributed by atoms with van der Waals surface area (Å²) in [6, 6.07) is 5.74. The molecule has 0 radical (unpaired) electrons. The van der Waals surface area contributed by atoms with Gasteiger partial charge in [-0.1, -0.05) is 6.07 Å². The molecule has 1 aromatic carbocycles. The molecule has 1 saturated heterocycles. The van der Waals surface area contributed by atoms with Crippen LogP contribution < -0.4 is 0 Å². The van der Waals surface area contributed by atoms with Gasteiger partial charge in [-0.15, -0.1) is 0 Å². The number of rotatable bonds is 4. The van der Waals surface area contributed by atoms with Crippen LogP contribution in [0.3, 0.4) is 0 Å². The smallest absolute Gasteiger partial charge is 0.227 e. The van der Waals surface area contributed by atoms with E-state index in [1.807, 2.05) is 30.0 Å². The van der Waals surface area contributed by atoms with Crippen molar-refractivity contribution in [3.05, 3.63) is 41.6 Å². The lowest BCUT2D eigenvalue weighted by Crippen LogP contribution is -2.33. The maximum absolute atomic E-state index is 12.9. The second-order valence-corrected chi connectivity index (χ2v) is 6.40. The predicted molar refractivity (Wildman–Crippen MR) is 90.8 cm³/mol. The molecule has 130 valence electrons. The van der Waals surface area contributed by atoms with Gasteiger partial charge in [0, 0.05) is 25.5 Å². The molecule has 2 aromatic heterocycles. The van der Waals surface area contributed by atoms with E-state index in [0.717, 1.165) is 22.3 Å². The number of hydrogen-bond donors (Lipinski definition) is 2. The fourth-order valence-electron chi connectivity index (χ4n) is 3.38. The summed E-state index contributed by atoms with van der Waals surface area (Å²) in [5.74, 6) is 1.44. The van der Waals surface area contributed by atoms with Crippen molar-refractivity contribution < 1.29 is 9.53 Å². The molecule has 25 heavy (non-hydrogen) atoms. The Balaban J connectivity index is 1.55. The number of carbonyl (C=O) groups is 1. The minimum Gasteiger partial charge on any atom is -0.380 e. The summed E-state index contributed by atoms with van der Waals surface area (Å²) in [6.07, 6.45) is 2.81. The summed E-state index contributed by atoms with van der Waals surface area (Å²) in [5, 5.41) is 15.0. The van der Waals surface area contributed by atoms with Crippen LogP contribution in [0.5, 0.6) is 0 Å². The number of ether oxygens (including phenoxy) is 1. The van der Waals surface area contributed by atoms with E-state index in [9.17, 15) is 4.79 Å². The van der Waals surface area contributed by atoms with Crippen LogP contribution in [0.25, 0.3) is 10.9 Å². The number of nitrogens with zero attached hydrogens (tertiary/aromatic N) is 4. The van der Waals surface area contributed by atoms with E-state index in [-0.39, 0.29) is 18.1 Å². The summed E-state index contributed by atoms with van der Waals surface area (Å²) >= 11 is 0. The Morgan fingerprint density at radius 3 is 3.04 bits per heavy atom. The van der Waals surface area contributed by atoms with Crippen LogP contribution in [0.1, 0.15) is 29.7 Å². The number of hydrogen-bond acceptors (Lipinski definition) is 5. The number of aromatic amines is 2. The van der Waals surface area contributed by atoms with Crippen LogP contribution in [0.15, 0.2) is 24.4 Å². The zero-order valence-electron chi connectivity index (χ0n) is 14.2. The van der Waals surface area contributed by atoms with E-state index in [2.05, 4.69) is 25.4 Å². The average Bonchev–Trinajstić information content (AvgIpc) is 3.32. The van der Waals surface area contributed by atoms with Crippen molar-refractivity contribution in [2.45, 2.75) is 31.9 Å². The number of aromatic nitrogens is 5. The molecule has 8 heteroatoms. The van der Waals surface area contributed by atoms with Gasteiger partial charge in [0.2, 0.25) is 5.91 Å². The summed E-state index contributed by atoms with van der Waals surface area (Å²) < 4.78 is 5.48. The van der Waals surface area contributed by atoms with Crippen LogP contribution >= 0.6 is 0 Å². The van der Waals surface area contributed by atoms with Crippen LogP contribution in [0.4, 0.5) is 0 Å². The molecular formula is C17H20N6O2. The summed E-state index contributed by atoms with van der Waals surface area (Å²) in [7, 11) is 1.67. The third-order valence-corrected chi connectivity index (χ3v) is 4.69. The van der Waals surface area contributed by atoms with Crippen molar-refractivity contribution in [2.75, 3.05) is 13.7 Å². The molecule has 1 amide bonds. The molecule has 2 N–H and O–H groups in total. The molecule has 2 atom stereocenters. The van der Waals surface area contributed by atoms with Gasteiger partial charge >= 0.3 is 0 Å². The first kappa shape index (κ1) is 15.8. The van der Waals surface area contributed by atoms with E-state index in [1.165, 1.54) is 0 Å². The number of methoxy groups -OCH3 is 1. The predicted octanol–water partition coefficient (Wildman–Crippen LogP) is 1.52. The Morgan fingerprint density at radius 1 is 1.40 bits per heavy atom. The number of fused-ring (bicyclic) bond motifs is 1. The topological polar surface area (TPSA) is 99.8 Å². The van der Waals surface area contributed by atoms with Crippen molar-refractivity contribution in [3.8, 4) is 0 Å². The molecule has 0 bridgehead atoms. The second kappa shape index (κ2) is 6.29. The summed E-state index contributed by atoms with van der Waals surface area (Å²) in [6.45, 7) is 2.41. The molecule has 3 heterocycles. The number of H-pyrrole nitrogens is 2. The monoisotopic (exact) mass is 340 g/mol. The zero-order valence-corrected chi connectivity index (χ0v) is 14.2.